The average Bonchev–Trinajstić information content (AvgIpc) is 3.15. The molecule has 2 aromatic rings. The zero-order chi connectivity index (χ0) is 18.8. The van der Waals surface area contributed by atoms with Gasteiger partial charge < -0.3 is 19.3 Å². The van der Waals surface area contributed by atoms with Gasteiger partial charge in [0.2, 0.25) is 12.7 Å². The van der Waals surface area contributed by atoms with Crippen LogP contribution in [0.3, 0.4) is 0 Å². The number of carbonyl (C=O) groups is 2. The summed E-state index contributed by atoms with van der Waals surface area (Å²) >= 11 is 0. The molecule has 1 saturated heterocycles. The molecule has 27 heavy (non-hydrogen) atoms. The molecule has 2 aromatic carbocycles. The SMILES string of the molecule is O=C(Cc1cccc(F)c1)N1CCN(C(=O)c2ccc3c(c2)OCO3)CC1. The van der Waals surface area contributed by atoms with E-state index in [2.05, 4.69) is 0 Å². The second-order valence-electron chi connectivity index (χ2n) is 6.55. The van der Waals surface area contributed by atoms with Gasteiger partial charge in [-0.2, -0.15) is 0 Å². The number of benzene rings is 2. The Kier molecular flexibility index (Phi) is 4.66. The van der Waals surface area contributed by atoms with E-state index in [0.717, 1.165) is 0 Å². The Hall–Kier alpha value is -3.09. The number of rotatable bonds is 3. The molecule has 0 atom stereocenters. The van der Waals surface area contributed by atoms with Crippen LogP contribution in [0, 0.1) is 5.82 Å². The van der Waals surface area contributed by atoms with Crippen molar-refractivity contribution in [2.24, 2.45) is 0 Å². The van der Waals surface area contributed by atoms with E-state index in [9.17, 15) is 14.0 Å². The quantitative estimate of drug-likeness (QED) is 0.830. The first-order chi connectivity index (χ1) is 13.1. The first-order valence-electron chi connectivity index (χ1n) is 8.81. The molecule has 0 aliphatic carbocycles. The van der Waals surface area contributed by atoms with Crippen LogP contribution in [0.4, 0.5) is 4.39 Å². The topological polar surface area (TPSA) is 59.1 Å². The fourth-order valence-corrected chi connectivity index (χ4v) is 3.30. The van der Waals surface area contributed by atoms with Gasteiger partial charge >= 0.3 is 0 Å². The maximum Gasteiger partial charge on any atom is 0.254 e. The second kappa shape index (κ2) is 7.26. The smallest absolute Gasteiger partial charge is 0.254 e. The van der Waals surface area contributed by atoms with Crippen LogP contribution in [0.25, 0.3) is 0 Å². The van der Waals surface area contributed by atoms with E-state index in [1.54, 1.807) is 40.1 Å². The minimum Gasteiger partial charge on any atom is -0.454 e. The predicted octanol–water partition coefficient (Wildman–Crippen LogP) is 2.08. The Morgan fingerprint density at radius 3 is 2.44 bits per heavy atom. The molecule has 0 N–H and O–H groups in total. The first-order valence-corrected chi connectivity index (χ1v) is 8.81. The van der Waals surface area contributed by atoms with Crippen molar-refractivity contribution in [3.05, 3.63) is 59.4 Å². The van der Waals surface area contributed by atoms with Crippen molar-refractivity contribution in [1.82, 2.24) is 9.80 Å². The van der Waals surface area contributed by atoms with E-state index in [-0.39, 0.29) is 30.8 Å². The van der Waals surface area contributed by atoms with Crippen molar-refractivity contribution in [1.29, 1.82) is 0 Å². The molecule has 7 heteroatoms. The number of piperazine rings is 1. The highest BCUT2D eigenvalue weighted by Gasteiger charge is 2.26. The summed E-state index contributed by atoms with van der Waals surface area (Å²) in [7, 11) is 0. The number of carbonyl (C=O) groups excluding carboxylic acids is 2. The molecule has 0 radical (unpaired) electrons. The largest absolute Gasteiger partial charge is 0.454 e. The van der Waals surface area contributed by atoms with Gasteiger partial charge in [-0.05, 0) is 35.9 Å². The molecule has 0 saturated carbocycles. The first kappa shape index (κ1) is 17.3. The molecule has 0 aromatic heterocycles. The maximum absolute atomic E-state index is 13.3. The number of hydrogen-bond acceptors (Lipinski definition) is 4. The second-order valence-corrected chi connectivity index (χ2v) is 6.55. The summed E-state index contributed by atoms with van der Waals surface area (Å²) in [5.74, 6) is 0.713. The van der Waals surface area contributed by atoms with E-state index >= 15 is 0 Å². The number of fused-ring (bicyclic) bond motifs is 1. The minimum absolute atomic E-state index is 0.0595. The summed E-state index contributed by atoms with van der Waals surface area (Å²) in [6, 6.07) is 11.2. The third-order valence-corrected chi connectivity index (χ3v) is 4.78. The van der Waals surface area contributed by atoms with Crippen molar-refractivity contribution in [3.63, 3.8) is 0 Å². The molecule has 0 unspecified atom stereocenters. The van der Waals surface area contributed by atoms with Gasteiger partial charge in [0.1, 0.15) is 5.82 Å². The van der Waals surface area contributed by atoms with Crippen molar-refractivity contribution < 1.29 is 23.5 Å². The fourth-order valence-electron chi connectivity index (χ4n) is 3.30. The maximum atomic E-state index is 13.3. The Bertz CT molecular complexity index is 878. The van der Waals surface area contributed by atoms with Crippen LogP contribution in [0.15, 0.2) is 42.5 Å². The number of amides is 2. The number of hydrogen-bond donors (Lipinski definition) is 0. The highest BCUT2D eigenvalue weighted by atomic mass is 19.1. The van der Waals surface area contributed by atoms with Crippen LogP contribution in [0.5, 0.6) is 11.5 Å². The lowest BCUT2D eigenvalue weighted by molar-refractivity contribution is -0.131. The molecule has 1 fully saturated rings. The van der Waals surface area contributed by atoms with E-state index in [1.807, 2.05) is 0 Å². The molecule has 2 heterocycles. The summed E-state index contributed by atoms with van der Waals surface area (Å²) in [4.78, 5) is 28.6. The van der Waals surface area contributed by atoms with Crippen LogP contribution in [-0.4, -0.2) is 54.6 Å². The van der Waals surface area contributed by atoms with E-state index in [0.29, 0.717) is 48.8 Å². The molecular formula is C20H19FN2O4. The van der Waals surface area contributed by atoms with Gasteiger partial charge in [-0.15, -0.1) is 0 Å². The molecule has 6 nitrogen and oxygen atoms in total. The van der Waals surface area contributed by atoms with E-state index < -0.39 is 0 Å². The third kappa shape index (κ3) is 3.72. The zero-order valence-electron chi connectivity index (χ0n) is 14.7. The van der Waals surface area contributed by atoms with Gasteiger partial charge in [0.05, 0.1) is 6.42 Å². The molecule has 2 amide bonds. The van der Waals surface area contributed by atoms with Gasteiger partial charge in [0.25, 0.3) is 5.91 Å². The molecule has 0 spiro atoms. The molecule has 0 bridgehead atoms. The Morgan fingerprint density at radius 1 is 0.926 bits per heavy atom. The molecule has 140 valence electrons. The highest BCUT2D eigenvalue weighted by Crippen LogP contribution is 2.32. The van der Waals surface area contributed by atoms with Gasteiger partial charge in [0, 0.05) is 31.7 Å². The molecular weight excluding hydrogens is 351 g/mol. The van der Waals surface area contributed by atoms with Crippen molar-refractivity contribution in [3.8, 4) is 11.5 Å². The van der Waals surface area contributed by atoms with Crippen molar-refractivity contribution in [2.75, 3.05) is 33.0 Å². The molecule has 2 aliphatic heterocycles. The number of halogens is 1. The predicted molar refractivity (Wildman–Crippen MR) is 95.2 cm³/mol. The average molecular weight is 370 g/mol. The Labute approximate surface area is 156 Å². The van der Waals surface area contributed by atoms with Crippen LogP contribution in [0.2, 0.25) is 0 Å². The van der Waals surface area contributed by atoms with Crippen molar-refractivity contribution >= 4 is 11.8 Å². The number of ether oxygens (including phenoxy) is 2. The standard InChI is InChI=1S/C20H19FN2O4/c21-16-3-1-2-14(10-16)11-19(24)22-6-8-23(9-7-22)20(25)15-4-5-17-18(12-15)27-13-26-17/h1-5,10,12H,6-9,11,13H2. The lowest BCUT2D eigenvalue weighted by Gasteiger charge is -2.35. The van der Waals surface area contributed by atoms with Crippen molar-refractivity contribution in [2.45, 2.75) is 6.42 Å². The lowest BCUT2D eigenvalue weighted by Crippen LogP contribution is -2.51. The lowest BCUT2D eigenvalue weighted by atomic mass is 10.1. The summed E-state index contributed by atoms with van der Waals surface area (Å²) < 4.78 is 23.8. The van der Waals surface area contributed by atoms with Crippen LogP contribution >= 0.6 is 0 Å². The normalized spacial score (nSPS) is 15.7. The Morgan fingerprint density at radius 2 is 1.67 bits per heavy atom. The van der Waals surface area contributed by atoms with Crippen LogP contribution in [0.1, 0.15) is 15.9 Å². The third-order valence-electron chi connectivity index (χ3n) is 4.78. The Balaban J connectivity index is 1.34. The molecule has 4 rings (SSSR count). The summed E-state index contributed by atoms with van der Waals surface area (Å²) in [5, 5.41) is 0. The van der Waals surface area contributed by atoms with E-state index in [1.165, 1.54) is 12.1 Å². The van der Waals surface area contributed by atoms with Crippen LogP contribution < -0.4 is 9.47 Å². The van der Waals surface area contributed by atoms with Gasteiger partial charge in [-0.25, -0.2) is 4.39 Å². The van der Waals surface area contributed by atoms with Gasteiger partial charge in [-0.3, -0.25) is 9.59 Å². The highest BCUT2D eigenvalue weighted by molar-refractivity contribution is 5.95. The van der Waals surface area contributed by atoms with Gasteiger partial charge in [-0.1, -0.05) is 12.1 Å². The van der Waals surface area contributed by atoms with E-state index in [4.69, 9.17) is 9.47 Å². The van der Waals surface area contributed by atoms with Gasteiger partial charge in [0.15, 0.2) is 11.5 Å². The number of nitrogens with zero attached hydrogens (tertiary/aromatic N) is 2. The monoisotopic (exact) mass is 370 g/mol. The molecule has 2 aliphatic rings. The summed E-state index contributed by atoms with van der Waals surface area (Å²) in [6.45, 7) is 2.01. The summed E-state index contributed by atoms with van der Waals surface area (Å²) in [5.41, 5.74) is 1.19. The summed E-state index contributed by atoms with van der Waals surface area (Å²) in [6.07, 6.45) is 0.161. The zero-order valence-corrected chi connectivity index (χ0v) is 14.7. The fraction of sp³-hybridized carbons (Fsp3) is 0.300. The minimum atomic E-state index is -0.348. The van der Waals surface area contributed by atoms with Crippen LogP contribution in [-0.2, 0) is 11.2 Å².